The number of aryl methyl sites for hydroxylation is 1. The topological polar surface area (TPSA) is 49.4 Å². The van der Waals surface area contributed by atoms with Crippen LogP contribution in [0.15, 0.2) is 88.3 Å². The minimum absolute atomic E-state index is 0.265. The molecule has 3 aromatic rings. The first-order valence-corrected chi connectivity index (χ1v) is 11.4. The average Bonchev–Trinajstić information content (AvgIpc) is 2.96. The van der Waals surface area contributed by atoms with Gasteiger partial charge in [0.05, 0.1) is 5.69 Å². The second kappa shape index (κ2) is 8.83. The molecule has 0 radical (unpaired) electrons. The highest BCUT2D eigenvalue weighted by Crippen LogP contribution is 2.38. The molecule has 4 nitrogen and oxygen atoms in total. The standard InChI is InChI=1S/C23H16ClIN2O2S/c1-14-2-12-19(13-3-14)30-21-20(26-17-8-6-16(25)7-9-17)22(28)27(23(21)29)18-10-4-15(24)5-11-18/h2-13,26H,1H3. The average molecular weight is 547 g/mol. The normalized spacial score (nSPS) is 13.9. The van der Waals surface area contributed by atoms with Crippen LogP contribution >= 0.6 is 46.0 Å². The maximum absolute atomic E-state index is 13.3. The van der Waals surface area contributed by atoms with Crippen molar-refractivity contribution >= 4 is 69.1 Å². The number of carbonyl (C=O) groups excluding carboxylic acids is 2. The number of rotatable bonds is 5. The van der Waals surface area contributed by atoms with E-state index in [9.17, 15) is 9.59 Å². The zero-order valence-electron chi connectivity index (χ0n) is 15.9. The van der Waals surface area contributed by atoms with Crippen LogP contribution in [0.1, 0.15) is 5.56 Å². The zero-order chi connectivity index (χ0) is 21.3. The fourth-order valence-corrected chi connectivity index (χ4v) is 4.35. The molecule has 7 heteroatoms. The van der Waals surface area contributed by atoms with E-state index < -0.39 is 5.91 Å². The van der Waals surface area contributed by atoms with Gasteiger partial charge in [-0.15, -0.1) is 0 Å². The van der Waals surface area contributed by atoms with Gasteiger partial charge in [-0.2, -0.15) is 0 Å². The minimum Gasteiger partial charge on any atom is -0.350 e. The number of anilines is 2. The Balaban J connectivity index is 1.73. The Morgan fingerprint density at radius 2 is 1.50 bits per heavy atom. The lowest BCUT2D eigenvalue weighted by atomic mass is 10.2. The number of hydrogen-bond donors (Lipinski definition) is 1. The smallest absolute Gasteiger partial charge is 0.283 e. The summed E-state index contributed by atoms with van der Waals surface area (Å²) in [6.45, 7) is 2.00. The number of amides is 2. The second-order valence-corrected chi connectivity index (χ2v) is 9.44. The summed E-state index contributed by atoms with van der Waals surface area (Å²) in [6.07, 6.45) is 0. The van der Waals surface area contributed by atoms with Gasteiger partial charge in [0.15, 0.2) is 0 Å². The van der Waals surface area contributed by atoms with Gasteiger partial charge in [-0.1, -0.05) is 41.1 Å². The predicted octanol–water partition coefficient (Wildman–Crippen LogP) is 6.24. The van der Waals surface area contributed by atoms with E-state index in [2.05, 4.69) is 27.9 Å². The van der Waals surface area contributed by atoms with Crippen molar-refractivity contribution in [3.63, 3.8) is 0 Å². The Bertz CT molecular complexity index is 1070. The molecular weight excluding hydrogens is 531 g/mol. The molecule has 1 aliphatic rings. The number of nitrogens with one attached hydrogen (secondary N) is 1. The van der Waals surface area contributed by atoms with Crippen LogP contribution in [0.2, 0.25) is 5.02 Å². The Kier molecular flexibility index (Phi) is 6.17. The van der Waals surface area contributed by atoms with E-state index in [4.69, 9.17) is 11.6 Å². The summed E-state index contributed by atoms with van der Waals surface area (Å²) in [5, 5.41) is 3.70. The van der Waals surface area contributed by atoms with Crippen molar-refractivity contribution in [1.82, 2.24) is 0 Å². The van der Waals surface area contributed by atoms with Gasteiger partial charge in [0.25, 0.3) is 11.8 Å². The first-order chi connectivity index (χ1) is 14.4. The molecule has 0 fully saturated rings. The maximum atomic E-state index is 13.3. The number of nitrogens with zero attached hydrogens (tertiary/aromatic N) is 1. The molecule has 0 saturated heterocycles. The molecule has 1 N–H and O–H groups in total. The third kappa shape index (κ3) is 4.40. The Labute approximate surface area is 197 Å². The summed E-state index contributed by atoms with van der Waals surface area (Å²) in [4.78, 5) is 29.0. The van der Waals surface area contributed by atoms with E-state index in [0.29, 0.717) is 15.6 Å². The predicted molar refractivity (Wildman–Crippen MR) is 131 cm³/mol. The third-order valence-electron chi connectivity index (χ3n) is 4.48. The Hall–Kier alpha value is -2.29. The number of hydrogen-bond acceptors (Lipinski definition) is 4. The van der Waals surface area contributed by atoms with Crippen LogP contribution in [0.3, 0.4) is 0 Å². The summed E-state index contributed by atoms with van der Waals surface area (Å²) < 4.78 is 1.08. The number of benzene rings is 3. The van der Waals surface area contributed by atoms with E-state index in [-0.39, 0.29) is 11.6 Å². The fraction of sp³-hybridized carbons (Fsp3) is 0.0435. The van der Waals surface area contributed by atoms with Crippen LogP contribution in [0.25, 0.3) is 0 Å². The summed E-state index contributed by atoms with van der Waals surface area (Å²) in [7, 11) is 0. The van der Waals surface area contributed by atoms with Crippen LogP contribution in [0.5, 0.6) is 0 Å². The lowest BCUT2D eigenvalue weighted by Crippen LogP contribution is -2.32. The highest BCUT2D eigenvalue weighted by molar-refractivity contribution is 14.1. The molecule has 3 aromatic carbocycles. The van der Waals surface area contributed by atoms with Crippen molar-refractivity contribution in [2.45, 2.75) is 11.8 Å². The SMILES string of the molecule is Cc1ccc(SC2=C(Nc3ccc(I)cc3)C(=O)N(c3ccc(Cl)cc3)C2=O)cc1. The third-order valence-corrected chi connectivity index (χ3v) is 6.54. The van der Waals surface area contributed by atoms with E-state index in [1.54, 1.807) is 24.3 Å². The molecule has 4 rings (SSSR count). The maximum Gasteiger partial charge on any atom is 0.283 e. The van der Waals surface area contributed by atoms with Crippen molar-refractivity contribution in [3.8, 4) is 0 Å². The monoisotopic (exact) mass is 546 g/mol. The van der Waals surface area contributed by atoms with Crippen molar-refractivity contribution in [3.05, 3.63) is 97.6 Å². The lowest BCUT2D eigenvalue weighted by molar-refractivity contribution is -0.120. The van der Waals surface area contributed by atoms with Crippen LogP contribution < -0.4 is 10.2 Å². The highest BCUT2D eigenvalue weighted by Gasteiger charge is 2.40. The van der Waals surface area contributed by atoms with Crippen LogP contribution in [0, 0.1) is 10.5 Å². The molecule has 1 aliphatic heterocycles. The van der Waals surface area contributed by atoms with Crippen LogP contribution in [-0.4, -0.2) is 11.8 Å². The minimum atomic E-state index is -0.393. The summed E-state index contributed by atoms with van der Waals surface area (Å²) in [6, 6.07) is 22.1. The van der Waals surface area contributed by atoms with Crippen molar-refractivity contribution in [2.24, 2.45) is 0 Å². The first kappa shape index (κ1) is 21.0. The molecule has 0 atom stereocenters. The van der Waals surface area contributed by atoms with Crippen molar-refractivity contribution < 1.29 is 9.59 Å². The molecular formula is C23H16ClIN2O2S. The van der Waals surface area contributed by atoms with E-state index in [1.165, 1.54) is 16.7 Å². The molecule has 2 amide bonds. The van der Waals surface area contributed by atoms with Crippen LogP contribution in [0.4, 0.5) is 11.4 Å². The first-order valence-electron chi connectivity index (χ1n) is 9.08. The van der Waals surface area contributed by atoms with E-state index >= 15 is 0 Å². The molecule has 30 heavy (non-hydrogen) atoms. The van der Waals surface area contributed by atoms with Gasteiger partial charge in [-0.05, 0) is 90.2 Å². The van der Waals surface area contributed by atoms with Gasteiger partial charge >= 0.3 is 0 Å². The van der Waals surface area contributed by atoms with Gasteiger partial charge in [-0.3, -0.25) is 9.59 Å². The Morgan fingerprint density at radius 3 is 2.13 bits per heavy atom. The summed E-state index contributed by atoms with van der Waals surface area (Å²) in [5.41, 5.74) is 2.62. The van der Waals surface area contributed by atoms with Gasteiger partial charge in [-0.25, -0.2) is 4.90 Å². The molecule has 1 heterocycles. The van der Waals surface area contributed by atoms with E-state index in [0.717, 1.165) is 19.7 Å². The quantitative estimate of drug-likeness (QED) is 0.304. The molecule has 0 aromatic heterocycles. The van der Waals surface area contributed by atoms with Gasteiger partial charge < -0.3 is 5.32 Å². The van der Waals surface area contributed by atoms with Crippen molar-refractivity contribution in [1.29, 1.82) is 0 Å². The van der Waals surface area contributed by atoms with Gasteiger partial charge in [0.1, 0.15) is 10.6 Å². The summed E-state index contributed by atoms with van der Waals surface area (Å²) >= 11 is 9.47. The largest absolute Gasteiger partial charge is 0.350 e. The van der Waals surface area contributed by atoms with E-state index in [1.807, 2.05) is 55.5 Å². The fourth-order valence-electron chi connectivity index (χ4n) is 2.94. The summed E-state index contributed by atoms with van der Waals surface area (Å²) in [5.74, 6) is -0.753. The number of imide groups is 1. The highest BCUT2D eigenvalue weighted by atomic mass is 127. The molecule has 0 unspecified atom stereocenters. The lowest BCUT2D eigenvalue weighted by Gasteiger charge is -2.15. The molecule has 150 valence electrons. The number of halogens is 2. The second-order valence-electron chi connectivity index (χ2n) is 6.67. The number of carbonyl (C=O) groups is 2. The Morgan fingerprint density at radius 1 is 0.867 bits per heavy atom. The number of thioether (sulfide) groups is 1. The molecule has 0 bridgehead atoms. The molecule has 0 saturated carbocycles. The van der Waals surface area contributed by atoms with Crippen LogP contribution in [-0.2, 0) is 9.59 Å². The molecule has 0 spiro atoms. The molecule has 0 aliphatic carbocycles. The van der Waals surface area contributed by atoms with Gasteiger partial charge in [0, 0.05) is 19.2 Å². The zero-order valence-corrected chi connectivity index (χ0v) is 19.6. The van der Waals surface area contributed by atoms with Gasteiger partial charge in [0.2, 0.25) is 0 Å². The van der Waals surface area contributed by atoms with Crippen molar-refractivity contribution in [2.75, 3.05) is 10.2 Å².